The van der Waals surface area contributed by atoms with Crippen LogP contribution in [0.2, 0.25) is 0 Å². The second-order valence-corrected chi connectivity index (χ2v) is 12.1. The Kier molecular flexibility index (Phi) is 8.45. The van der Waals surface area contributed by atoms with Crippen LogP contribution in [0, 0.1) is 5.82 Å². The number of aromatic nitrogens is 2. The van der Waals surface area contributed by atoms with E-state index in [1.807, 2.05) is 13.0 Å². The second kappa shape index (κ2) is 11.4. The summed E-state index contributed by atoms with van der Waals surface area (Å²) in [5, 5.41) is 0. The number of rotatable bonds is 8. The zero-order valence-corrected chi connectivity index (χ0v) is 22.3. The van der Waals surface area contributed by atoms with Crippen LogP contribution in [0.25, 0.3) is 0 Å². The number of nitrogens with zero attached hydrogens (tertiary/aromatic N) is 3. The molecule has 1 aliphatic carbocycles. The zero-order chi connectivity index (χ0) is 26.6. The van der Waals surface area contributed by atoms with E-state index in [-0.39, 0.29) is 29.9 Å². The molecule has 1 amide bonds. The van der Waals surface area contributed by atoms with E-state index in [0.717, 1.165) is 25.7 Å². The van der Waals surface area contributed by atoms with Crippen molar-refractivity contribution in [2.45, 2.75) is 81.3 Å². The van der Waals surface area contributed by atoms with Crippen LogP contribution in [0.1, 0.15) is 57.3 Å². The van der Waals surface area contributed by atoms with Crippen molar-refractivity contribution in [3.8, 4) is 0 Å². The highest BCUT2D eigenvalue weighted by Gasteiger charge is 2.45. The van der Waals surface area contributed by atoms with Crippen molar-refractivity contribution in [1.82, 2.24) is 19.6 Å². The SMILES string of the molecule is COC(=O)N1[C@H](C)C[C@H](NS(=O)(=O)Cc2ccccc2)[C@@H]1CO[C@H]1CC[C@@](C)(c2ncc(F)cn2)CC1. The van der Waals surface area contributed by atoms with E-state index in [2.05, 4.69) is 21.6 Å². The molecule has 2 heterocycles. The summed E-state index contributed by atoms with van der Waals surface area (Å²) in [6.45, 7) is 4.14. The van der Waals surface area contributed by atoms with Crippen molar-refractivity contribution in [3.63, 3.8) is 0 Å². The minimum absolute atomic E-state index is 0.0505. The molecular weight excluding hydrogens is 499 g/mol. The second-order valence-electron chi connectivity index (χ2n) is 10.3. The number of benzene rings is 1. The molecule has 2 aliphatic rings. The maximum Gasteiger partial charge on any atom is 0.410 e. The van der Waals surface area contributed by atoms with Gasteiger partial charge in [-0.1, -0.05) is 37.3 Å². The quantitative estimate of drug-likeness (QED) is 0.551. The molecule has 4 rings (SSSR count). The molecule has 1 saturated heterocycles. The van der Waals surface area contributed by atoms with Crippen LogP contribution in [0.5, 0.6) is 0 Å². The van der Waals surface area contributed by atoms with Crippen molar-refractivity contribution < 1.29 is 27.1 Å². The van der Waals surface area contributed by atoms with Gasteiger partial charge in [0.15, 0.2) is 5.82 Å². The number of hydrogen-bond donors (Lipinski definition) is 1. The van der Waals surface area contributed by atoms with E-state index in [9.17, 15) is 17.6 Å². The van der Waals surface area contributed by atoms with Gasteiger partial charge in [0.1, 0.15) is 5.82 Å². The predicted molar refractivity (Wildman–Crippen MR) is 136 cm³/mol. The van der Waals surface area contributed by atoms with Crippen LogP contribution in [0.15, 0.2) is 42.7 Å². The topological polar surface area (TPSA) is 111 Å². The largest absolute Gasteiger partial charge is 0.453 e. The molecule has 1 aliphatic heterocycles. The Morgan fingerprint density at radius 1 is 1.19 bits per heavy atom. The van der Waals surface area contributed by atoms with Gasteiger partial charge in [0.05, 0.1) is 44.0 Å². The van der Waals surface area contributed by atoms with Crippen LogP contribution in [-0.4, -0.2) is 67.3 Å². The fourth-order valence-corrected chi connectivity index (χ4v) is 6.88. The molecule has 0 unspecified atom stereocenters. The number of amides is 1. The fourth-order valence-electron chi connectivity index (χ4n) is 5.45. The Labute approximate surface area is 217 Å². The molecule has 0 spiro atoms. The first-order chi connectivity index (χ1) is 17.6. The summed E-state index contributed by atoms with van der Waals surface area (Å²) in [4.78, 5) is 22.5. The summed E-state index contributed by atoms with van der Waals surface area (Å²) in [6.07, 6.45) is 5.35. The van der Waals surface area contributed by atoms with Gasteiger partial charge in [-0.25, -0.2) is 32.3 Å². The lowest BCUT2D eigenvalue weighted by Crippen LogP contribution is -2.50. The van der Waals surface area contributed by atoms with Crippen molar-refractivity contribution in [3.05, 3.63) is 59.9 Å². The monoisotopic (exact) mass is 534 g/mol. The standard InChI is InChI=1S/C26H35FN4O5S/c1-18-13-22(30-37(33,34)17-19-7-5-4-6-8-19)23(31(18)25(32)35-3)16-36-21-9-11-26(2,12-10-21)24-28-14-20(27)15-29-24/h4-8,14-15,18,21-23,30H,9-13,16-17H2,1-3H3/t18-,21-,22+,23+,26+/m1/s1. The van der Waals surface area contributed by atoms with Crippen molar-refractivity contribution >= 4 is 16.1 Å². The summed E-state index contributed by atoms with van der Waals surface area (Å²) in [7, 11) is -2.33. The van der Waals surface area contributed by atoms with Gasteiger partial charge < -0.3 is 9.47 Å². The third kappa shape index (κ3) is 6.63. The van der Waals surface area contributed by atoms with E-state index in [4.69, 9.17) is 9.47 Å². The number of ether oxygens (including phenoxy) is 2. The van der Waals surface area contributed by atoms with Gasteiger partial charge in [-0.05, 0) is 44.6 Å². The zero-order valence-electron chi connectivity index (χ0n) is 21.5. The lowest BCUT2D eigenvalue weighted by Gasteiger charge is -2.37. The van der Waals surface area contributed by atoms with Crippen LogP contribution in [0.3, 0.4) is 0 Å². The minimum atomic E-state index is -3.65. The molecule has 1 aromatic carbocycles. The summed E-state index contributed by atoms with van der Waals surface area (Å²) < 4.78 is 53.3. The number of methoxy groups -OCH3 is 1. The number of sulfonamides is 1. The Hall–Kier alpha value is -2.63. The molecule has 1 aromatic heterocycles. The molecule has 202 valence electrons. The molecule has 0 radical (unpaired) electrons. The third-order valence-electron chi connectivity index (χ3n) is 7.51. The third-order valence-corrected chi connectivity index (χ3v) is 8.88. The molecule has 1 N–H and O–H groups in total. The number of hydrogen-bond acceptors (Lipinski definition) is 7. The van der Waals surface area contributed by atoms with Gasteiger partial charge >= 0.3 is 6.09 Å². The van der Waals surface area contributed by atoms with Crippen LogP contribution >= 0.6 is 0 Å². The van der Waals surface area contributed by atoms with E-state index < -0.39 is 34.0 Å². The first-order valence-corrected chi connectivity index (χ1v) is 14.3. The van der Waals surface area contributed by atoms with E-state index in [0.29, 0.717) is 17.8 Å². The van der Waals surface area contributed by atoms with Crippen LogP contribution < -0.4 is 4.72 Å². The lowest BCUT2D eigenvalue weighted by molar-refractivity contribution is -0.0160. The lowest BCUT2D eigenvalue weighted by atomic mass is 9.74. The molecule has 37 heavy (non-hydrogen) atoms. The minimum Gasteiger partial charge on any atom is -0.453 e. The highest BCUT2D eigenvalue weighted by atomic mass is 32.2. The van der Waals surface area contributed by atoms with E-state index in [1.165, 1.54) is 19.5 Å². The molecule has 1 saturated carbocycles. The van der Waals surface area contributed by atoms with Crippen molar-refractivity contribution in [2.24, 2.45) is 0 Å². The Morgan fingerprint density at radius 3 is 2.46 bits per heavy atom. The molecule has 11 heteroatoms. The predicted octanol–water partition coefficient (Wildman–Crippen LogP) is 3.55. The van der Waals surface area contributed by atoms with Crippen molar-refractivity contribution in [2.75, 3.05) is 13.7 Å². The van der Waals surface area contributed by atoms with Gasteiger partial charge in [-0.2, -0.15) is 0 Å². The first-order valence-electron chi connectivity index (χ1n) is 12.6. The van der Waals surface area contributed by atoms with Crippen molar-refractivity contribution in [1.29, 1.82) is 0 Å². The Morgan fingerprint density at radius 2 is 1.84 bits per heavy atom. The van der Waals surface area contributed by atoms with Gasteiger partial charge in [-0.3, -0.25) is 4.90 Å². The first kappa shape index (κ1) is 27.4. The van der Waals surface area contributed by atoms with Crippen LogP contribution in [0.4, 0.5) is 9.18 Å². The average molecular weight is 535 g/mol. The number of carbonyl (C=O) groups is 1. The summed E-state index contributed by atoms with van der Waals surface area (Å²) >= 11 is 0. The highest BCUT2D eigenvalue weighted by Crippen LogP contribution is 2.38. The van der Waals surface area contributed by atoms with E-state index >= 15 is 0 Å². The molecule has 3 atom stereocenters. The molecule has 2 fully saturated rings. The Balaban J connectivity index is 1.40. The molecule has 0 bridgehead atoms. The van der Waals surface area contributed by atoms with Crippen LogP contribution in [-0.2, 0) is 30.7 Å². The number of carbonyl (C=O) groups excluding carboxylic acids is 1. The maximum absolute atomic E-state index is 13.2. The Bertz CT molecular complexity index is 1160. The highest BCUT2D eigenvalue weighted by molar-refractivity contribution is 7.88. The van der Waals surface area contributed by atoms with Gasteiger partial charge in [-0.15, -0.1) is 0 Å². The maximum atomic E-state index is 13.2. The summed E-state index contributed by atoms with van der Waals surface area (Å²) in [6, 6.07) is 7.77. The van der Waals surface area contributed by atoms with E-state index in [1.54, 1.807) is 29.2 Å². The molecule has 2 aromatic rings. The number of nitrogens with one attached hydrogen (secondary N) is 1. The average Bonchev–Trinajstić information content (AvgIpc) is 3.17. The molecular formula is C26H35FN4O5S. The summed E-state index contributed by atoms with van der Waals surface area (Å²) in [5.74, 6) is 0.0259. The van der Waals surface area contributed by atoms with Gasteiger partial charge in [0.2, 0.25) is 10.0 Å². The number of likely N-dealkylation sites (tertiary alicyclic amines) is 1. The fraction of sp³-hybridized carbons (Fsp3) is 0.577. The smallest absolute Gasteiger partial charge is 0.410 e. The number of halogens is 1. The van der Waals surface area contributed by atoms with Gasteiger partial charge in [0.25, 0.3) is 0 Å². The normalized spacial score (nSPS) is 28.3. The van der Waals surface area contributed by atoms with Gasteiger partial charge in [0, 0.05) is 17.5 Å². The molecule has 9 nitrogen and oxygen atoms in total. The summed E-state index contributed by atoms with van der Waals surface area (Å²) in [5.41, 5.74) is 0.428.